The van der Waals surface area contributed by atoms with E-state index in [1.54, 1.807) is 23.4 Å². The quantitative estimate of drug-likeness (QED) is 0.426. The van der Waals surface area contributed by atoms with Crippen molar-refractivity contribution in [3.8, 4) is 0 Å². The number of fused-ring (bicyclic) bond motifs is 2. The van der Waals surface area contributed by atoms with Gasteiger partial charge in [-0.15, -0.1) is 0 Å². The van der Waals surface area contributed by atoms with Gasteiger partial charge in [-0.05, 0) is 48.8 Å². The molecule has 5 rings (SSSR count). The number of nitrogens with one attached hydrogen (secondary N) is 2. The van der Waals surface area contributed by atoms with Crippen LogP contribution in [0.25, 0.3) is 21.7 Å². The maximum absolute atomic E-state index is 13.5. The average Bonchev–Trinajstić information content (AvgIpc) is 3.25. The molecule has 7 nitrogen and oxygen atoms in total. The van der Waals surface area contributed by atoms with Crippen molar-refractivity contribution in [3.05, 3.63) is 76.4 Å². The van der Waals surface area contributed by atoms with Crippen LogP contribution in [0.15, 0.2) is 59.3 Å². The molecule has 1 atom stereocenters. The molecule has 0 bridgehead atoms. The summed E-state index contributed by atoms with van der Waals surface area (Å²) >= 11 is 3.45. The third-order valence-corrected chi connectivity index (χ3v) is 6.73. The summed E-state index contributed by atoms with van der Waals surface area (Å²) in [6, 6.07) is 11.7. The summed E-state index contributed by atoms with van der Waals surface area (Å²) in [5, 5.41) is 5.50. The van der Waals surface area contributed by atoms with Gasteiger partial charge in [0.1, 0.15) is 11.5 Å². The molecule has 2 amide bonds. The number of carbonyl (C=O) groups is 2. The Bertz CT molecular complexity index is 1400. The zero-order chi connectivity index (χ0) is 23.8. The molecule has 3 heterocycles. The predicted octanol–water partition coefficient (Wildman–Crippen LogP) is 3.80. The van der Waals surface area contributed by atoms with Gasteiger partial charge in [-0.3, -0.25) is 14.6 Å². The Morgan fingerprint density at radius 3 is 2.88 bits per heavy atom. The first-order chi connectivity index (χ1) is 16.4. The van der Waals surface area contributed by atoms with Crippen LogP contribution < -0.4 is 5.32 Å². The lowest BCUT2D eigenvalue weighted by Gasteiger charge is -2.40. The van der Waals surface area contributed by atoms with Crippen LogP contribution in [-0.2, 0) is 0 Å². The van der Waals surface area contributed by atoms with Crippen molar-refractivity contribution in [2.24, 2.45) is 0 Å². The second kappa shape index (κ2) is 9.15. The molecule has 2 N–H and O–H groups in total. The normalized spacial score (nSPS) is 16.8. The van der Waals surface area contributed by atoms with Gasteiger partial charge >= 0.3 is 0 Å². The minimum Gasteiger partial charge on any atom is -0.360 e. The number of aromatic nitrogens is 2. The summed E-state index contributed by atoms with van der Waals surface area (Å²) in [5.41, 5.74) is 1.39. The van der Waals surface area contributed by atoms with E-state index < -0.39 is 0 Å². The van der Waals surface area contributed by atoms with Crippen LogP contribution in [-0.4, -0.2) is 70.9 Å². The molecule has 0 saturated carbocycles. The molecule has 0 aliphatic carbocycles. The van der Waals surface area contributed by atoms with E-state index >= 15 is 0 Å². The number of halogens is 2. The minimum atomic E-state index is -0.365. The number of carbonyl (C=O) groups excluding carboxylic acids is 2. The highest BCUT2D eigenvalue weighted by Crippen LogP contribution is 2.22. The molecular formula is C25H23BrFN5O2. The molecule has 0 spiro atoms. The number of piperazine rings is 1. The van der Waals surface area contributed by atoms with Gasteiger partial charge in [-0.25, -0.2) is 4.39 Å². The predicted molar refractivity (Wildman–Crippen MR) is 132 cm³/mol. The van der Waals surface area contributed by atoms with Crippen LogP contribution in [0.3, 0.4) is 0 Å². The number of hydrogen-bond acceptors (Lipinski definition) is 4. The van der Waals surface area contributed by atoms with Gasteiger partial charge < -0.3 is 20.1 Å². The summed E-state index contributed by atoms with van der Waals surface area (Å²) < 4.78 is 14.4. The largest absolute Gasteiger partial charge is 0.360 e. The van der Waals surface area contributed by atoms with Crippen LogP contribution in [0.4, 0.5) is 4.39 Å². The van der Waals surface area contributed by atoms with Crippen LogP contribution in [0, 0.1) is 5.82 Å². The van der Waals surface area contributed by atoms with Gasteiger partial charge in [-0.2, -0.15) is 0 Å². The first-order valence-corrected chi connectivity index (χ1v) is 11.8. The van der Waals surface area contributed by atoms with E-state index in [0.29, 0.717) is 41.8 Å². The molecule has 1 fully saturated rings. The van der Waals surface area contributed by atoms with Crippen LogP contribution in [0.5, 0.6) is 0 Å². The molecule has 2 aromatic heterocycles. The third-order valence-electron chi connectivity index (χ3n) is 6.24. The second-order valence-corrected chi connectivity index (χ2v) is 9.49. The molecule has 1 unspecified atom stereocenters. The number of aromatic amines is 1. The zero-order valence-corrected chi connectivity index (χ0v) is 20.1. The number of H-pyrrole nitrogens is 1. The molecular weight excluding hydrogens is 501 g/mol. The Morgan fingerprint density at radius 2 is 2.03 bits per heavy atom. The topological polar surface area (TPSA) is 81.3 Å². The van der Waals surface area contributed by atoms with Crippen molar-refractivity contribution in [1.29, 1.82) is 0 Å². The van der Waals surface area contributed by atoms with E-state index in [2.05, 4.69) is 36.1 Å². The highest BCUT2D eigenvalue weighted by Gasteiger charge is 2.31. The maximum atomic E-state index is 13.5. The molecule has 0 radical (unpaired) electrons. The van der Waals surface area contributed by atoms with Gasteiger partial charge in [0.2, 0.25) is 0 Å². The van der Waals surface area contributed by atoms with E-state index in [-0.39, 0.29) is 23.7 Å². The van der Waals surface area contributed by atoms with E-state index in [9.17, 15) is 14.0 Å². The van der Waals surface area contributed by atoms with Crippen LogP contribution >= 0.6 is 15.9 Å². The minimum absolute atomic E-state index is 0.153. The molecule has 34 heavy (non-hydrogen) atoms. The van der Waals surface area contributed by atoms with E-state index in [4.69, 9.17) is 0 Å². The Labute approximate surface area is 204 Å². The highest BCUT2D eigenvalue weighted by atomic mass is 79.9. The van der Waals surface area contributed by atoms with Crippen molar-refractivity contribution in [2.45, 2.75) is 6.04 Å². The van der Waals surface area contributed by atoms with Crippen molar-refractivity contribution in [1.82, 2.24) is 25.1 Å². The first kappa shape index (κ1) is 22.5. The second-order valence-electron chi connectivity index (χ2n) is 8.58. The van der Waals surface area contributed by atoms with Gasteiger partial charge in [0, 0.05) is 59.3 Å². The summed E-state index contributed by atoms with van der Waals surface area (Å²) in [7, 11) is 2.00. The van der Waals surface area contributed by atoms with Crippen molar-refractivity contribution in [3.63, 3.8) is 0 Å². The van der Waals surface area contributed by atoms with Crippen LogP contribution in [0.1, 0.15) is 20.8 Å². The standard InChI is InChI=1S/C25H23BrFN5O2/c1-31-6-7-32(25(34)23-9-15-2-3-17(26)8-16(15)11-28-23)19(14-31)12-30-24(33)21-13-29-22-10-18(27)4-5-20(21)22/h2-5,8-11,13,19,29H,6-7,12,14H2,1H3,(H,30,33). The Hall–Kier alpha value is -3.30. The smallest absolute Gasteiger partial charge is 0.272 e. The average molecular weight is 524 g/mol. The van der Waals surface area contributed by atoms with E-state index in [0.717, 1.165) is 21.8 Å². The molecule has 1 saturated heterocycles. The Kier molecular flexibility index (Phi) is 6.05. The van der Waals surface area contributed by atoms with Gasteiger partial charge in [0.05, 0.1) is 11.6 Å². The third kappa shape index (κ3) is 4.41. The number of nitrogens with zero attached hydrogens (tertiary/aromatic N) is 3. The van der Waals surface area contributed by atoms with Crippen LogP contribution in [0.2, 0.25) is 0 Å². The van der Waals surface area contributed by atoms with Gasteiger partial charge in [0.25, 0.3) is 11.8 Å². The lowest BCUT2D eigenvalue weighted by molar-refractivity contribution is 0.0487. The van der Waals surface area contributed by atoms with Gasteiger partial charge in [0.15, 0.2) is 0 Å². The fraction of sp³-hybridized carbons (Fsp3) is 0.240. The maximum Gasteiger partial charge on any atom is 0.272 e. The monoisotopic (exact) mass is 523 g/mol. The summed E-state index contributed by atoms with van der Waals surface area (Å²) in [4.78, 5) is 37.6. The Balaban J connectivity index is 1.33. The molecule has 9 heteroatoms. The lowest BCUT2D eigenvalue weighted by Crippen LogP contribution is -2.58. The number of benzene rings is 2. The lowest BCUT2D eigenvalue weighted by atomic mass is 10.1. The zero-order valence-electron chi connectivity index (χ0n) is 18.5. The number of hydrogen-bond donors (Lipinski definition) is 2. The summed E-state index contributed by atoms with van der Waals surface area (Å²) in [5.74, 6) is -0.789. The van der Waals surface area contributed by atoms with Crippen molar-refractivity contribution < 1.29 is 14.0 Å². The van der Waals surface area contributed by atoms with Crippen molar-refractivity contribution in [2.75, 3.05) is 33.2 Å². The SMILES string of the molecule is CN1CCN(C(=O)c2cc3ccc(Br)cc3cn2)C(CNC(=O)c2c[nH]c3cc(F)ccc23)C1. The number of likely N-dealkylation sites (N-methyl/N-ethyl adjacent to an activating group) is 1. The summed E-state index contributed by atoms with van der Waals surface area (Å²) in [6.45, 7) is 2.21. The Morgan fingerprint density at radius 1 is 1.18 bits per heavy atom. The van der Waals surface area contributed by atoms with E-state index in [1.165, 1.54) is 12.1 Å². The number of rotatable bonds is 4. The fourth-order valence-corrected chi connectivity index (χ4v) is 4.80. The highest BCUT2D eigenvalue weighted by molar-refractivity contribution is 9.10. The fourth-order valence-electron chi connectivity index (χ4n) is 4.42. The molecule has 174 valence electrons. The molecule has 1 aliphatic heterocycles. The molecule has 1 aliphatic rings. The number of amides is 2. The molecule has 2 aromatic carbocycles. The molecule has 4 aromatic rings. The summed E-state index contributed by atoms with van der Waals surface area (Å²) in [6.07, 6.45) is 3.28. The van der Waals surface area contributed by atoms with Crippen molar-refractivity contribution >= 4 is 49.4 Å². The number of pyridine rings is 1. The van der Waals surface area contributed by atoms with E-state index in [1.807, 2.05) is 31.3 Å². The first-order valence-electron chi connectivity index (χ1n) is 11.0. The van der Waals surface area contributed by atoms with Gasteiger partial charge in [-0.1, -0.05) is 22.0 Å².